The number of carbonyl (C=O) groups is 1. The SMILES string of the molecule is COCCS(=O)(=O)N1CCN(C(=O)c2cccc(C)c2)CC1. The Kier molecular flexibility index (Phi) is 5.55. The molecule has 0 N–H and O–H groups in total. The molecule has 1 aromatic carbocycles. The number of hydrogen-bond acceptors (Lipinski definition) is 4. The number of aryl methyl sites for hydroxylation is 1. The molecule has 22 heavy (non-hydrogen) atoms. The standard InChI is InChI=1S/C15H22N2O4S/c1-13-4-3-5-14(12-13)15(18)16-6-8-17(9-7-16)22(19,20)11-10-21-2/h3-5,12H,6-11H2,1-2H3. The van der Waals surface area contributed by atoms with Gasteiger partial charge in [0.2, 0.25) is 10.0 Å². The van der Waals surface area contributed by atoms with E-state index in [1.807, 2.05) is 25.1 Å². The molecule has 1 heterocycles. The van der Waals surface area contributed by atoms with Crippen LogP contribution in [0, 0.1) is 6.92 Å². The minimum atomic E-state index is -3.30. The number of amides is 1. The van der Waals surface area contributed by atoms with Gasteiger partial charge in [0, 0.05) is 38.9 Å². The fourth-order valence-electron chi connectivity index (χ4n) is 2.45. The molecule has 0 radical (unpaired) electrons. The summed E-state index contributed by atoms with van der Waals surface area (Å²) in [4.78, 5) is 14.1. The molecule has 1 aliphatic rings. The summed E-state index contributed by atoms with van der Waals surface area (Å²) in [5, 5.41) is 0. The minimum absolute atomic E-state index is 0.0185. The van der Waals surface area contributed by atoms with E-state index >= 15 is 0 Å². The minimum Gasteiger partial charge on any atom is -0.384 e. The fraction of sp³-hybridized carbons (Fsp3) is 0.533. The van der Waals surface area contributed by atoms with Crippen LogP contribution in [0.3, 0.4) is 0 Å². The molecular weight excluding hydrogens is 304 g/mol. The Balaban J connectivity index is 1.96. The van der Waals surface area contributed by atoms with Gasteiger partial charge in [-0.1, -0.05) is 17.7 Å². The quantitative estimate of drug-likeness (QED) is 0.800. The summed E-state index contributed by atoms with van der Waals surface area (Å²) in [6.45, 7) is 3.63. The summed E-state index contributed by atoms with van der Waals surface area (Å²) in [6, 6.07) is 7.44. The van der Waals surface area contributed by atoms with Crippen LogP contribution in [0.15, 0.2) is 24.3 Å². The number of ether oxygens (including phenoxy) is 1. The average Bonchev–Trinajstić information content (AvgIpc) is 2.52. The molecule has 2 rings (SSSR count). The first-order valence-electron chi connectivity index (χ1n) is 7.27. The molecule has 0 aromatic heterocycles. The van der Waals surface area contributed by atoms with Crippen LogP contribution in [0.5, 0.6) is 0 Å². The fourth-order valence-corrected chi connectivity index (χ4v) is 3.80. The van der Waals surface area contributed by atoms with E-state index in [0.29, 0.717) is 31.7 Å². The number of rotatable bonds is 5. The number of piperazine rings is 1. The van der Waals surface area contributed by atoms with E-state index in [-0.39, 0.29) is 18.3 Å². The maximum atomic E-state index is 12.4. The first-order chi connectivity index (χ1) is 10.4. The second-order valence-electron chi connectivity index (χ2n) is 5.37. The van der Waals surface area contributed by atoms with E-state index in [1.165, 1.54) is 11.4 Å². The van der Waals surface area contributed by atoms with Crippen molar-refractivity contribution >= 4 is 15.9 Å². The number of hydrogen-bond donors (Lipinski definition) is 0. The smallest absolute Gasteiger partial charge is 0.253 e. The zero-order valence-corrected chi connectivity index (χ0v) is 13.8. The maximum absolute atomic E-state index is 12.4. The number of benzene rings is 1. The summed E-state index contributed by atoms with van der Waals surface area (Å²) in [6.07, 6.45) is 0. The highest BCUT2D eigenvalue weighted by Crippen LogP contribution is 2.13. The Morgan fingerprint density at radius 3 is 2.50 bits per heavy atom. The lowest BCUT2D eigenvalue weighted by Crippen LogP contribution is -2.51. The van der Waals surface area contributed by atoms with E-state index < -0.39 is 10.0 Å². The molecule has 0 saturated carbocycles. The van der Waals surface area contributed by atoms with Gasteiger partial charge in [-0.2, -0.15) is 4.31 Å². The van der Waals surface area contributed by atoms with Crippen LogP contribution in [0.1, 0.15) is 15.9 Å². The van der Waals surface area contributed by atoms with E-state index in [4.69, 9.17) is 4.74 Å². The number of methoxy groups -OCH3 is 1. The van der Waals surface area contributed by atoms with E-state index in [2.05, 4.69) is 0 Å². The van der Waals surface area contributed by atoms with E-state index in [1.54, 1.807) is 11.0 Å². The lowest BCUT2D eigenvalue weighted by Gasteiger charge is -2.34. The molecule has 1 fully saturated rings. The van der Waals surface area contributed by atoms with Crippen LogP contribution < -0.4 is 0 Å². The van der Waals surface area contributed by atoms with Crippen LogP contribution >= 0.6 is 0 Å². The van der Waals surface area contributed by atoms with Gasteiger partial charge >= 0.3 is 0 Å². The van der Waals surface area contributed by atoms with Crippen molar-refractivity contribution in [3.63, 3.8) is 0 Å². The molecule has 6 nitrogen and oxygen atoms in total. The predicted octanol–water partition coefficient (Wildman–Crippen LogP) is 0.729. The second-order valence-corrected chi connectivity index (χ2v) is 7.46. The van der Waals surface area contributed by atoms with Gasteiger partial charge in [-0.25, -0.2) is 8.42 Å². The summed E-state index contributed by atoms with van der Waals surface area (Å²) in [5.41, 5.74) is 1.68. The number of sulfonamides is 1. The van der Waals surface area contributed by atoms with Crippen molar-refractivity contribution in [1.29, 1.82) is 0 Å². The van der Waals surface area contributed by atoms with Gasteiger partial charge < -0.3 is 9.64 Å². The molecule has 0 spiro atoms. The maximum Gasteiger partial charge on any atom is 0.253 e. The summed E-state index contributed by atoms with van der Waals surface area (Å²) < 4.78 is 30.4. The molecule has 0 bridgehead atoms. The van der Waals surface area contributed by atoms with Crippen LogP contribution in [-0.2, 0) is 14.8 Å². The van der Waals surface area contributed by atoms with Crippen molar-refractivity contribution in [1.82, 2.24) is 9.21 Å². The Labute approximate surface area is 131 Å². The predicted molar refractivity (Wildman–Crippen MR) is 84.3 cm³/mol. The lowest BCUT2D eigenvalue weighted by atomic mass is 10.1. The molecule has 1 amide bonds. The Morgan fingerprint density at radius 2 is 1.91 bits per heavy atom. The summed E-state index contributed by atoms with van der Waals surface area (Å²) in [5.74, 6) is -0.0624. The lowest BCUT2D eigenvalue weighted by molar-refractivity contribution is 0.0697. The Hall–Kier alpha value is -1.44. The van der Waals surface area contributed by atoms with Gasteiger partial charge in [0.05, 0.1) is 12.4 Å². The van der Waals surface area contributed by atoms with Gasteiger partial charge in [0.15, 0.2) is 0 Å². The number of nitrogens with zero attached hydrogens (tertiary/aromatic N) is 2. The van der Waals surface area contributed by atoms with Crippen molar-refractivity contribution < 1.29 is 17.9 Å². The van der Waals surface area contributed by atoms with Crippen molar-refractivity contribution in [2.24, 2.45) is 0 Å². The first-order valence-corrected chi connectivity index (χ1v) is 8.87. The van der Waals surface area contributed by atoms with E-state index in [9.17, 15) is 13.2 Å². The number of carbonyl (C=O) groups excluding carboxylic acids is 1. The molecule has 0 aliphatic carbocycles. The highest BCUT2D eigenvalue weighted by molar-refractivity contribution is 7.89. The van der Waals surface area contributed by atoms with Crippen LogP contribution in [0.2, 0.25) is 0 Å². The van der Waals surface area contributed by atoms with Gasteiger partial charge in [-0.3, -0.25) is 4.79 Å². The summed E-state index contributed by atoms with van der Waals surface area (Å²) >= 11 is 0. The summed E-state index contributed by atoms with van der Waals surface area (Å²) in [7, 11) is -1.82. The molecule has 1 aromatic rings. The van der Waals surface area contributed by atoms with Gasteiger partial charge in [0.1, 0.15) is 0 Å². The normalized spacial score (nSPS) is 16.7. The van der Waals surface area contributed by atoms with Crippen molar-refractivity contribution in [2.75, 3.05) is 45.6 Å². The average molecular weight is 326 g/mol. The molecule has 1 saturated heterocycles. The van der Waals surface area contributed by atoms with Crippen molar-refractivity contribution in [3.8, 4) is 0 Å². The molecular formula is C15H22N2O4S. The second kappa shape index (κ2) is 7.21. The van der Waals surface area contributed by atoms with Crippen LogP contribution in [0.25, 0.3) is 0 Å². The largest absolute Gasteiger partial charge is 0.384 e. The highest BCUT2D eigenvalue weighted by atomic mass is 32.2. The topological polar surface area (TPSA) is 66.9 Å². The zero-order valence-electron chi connectivity index (χ0n) is 13.0. The third-order valence-corrected chi connectivity index (χ3v) is 5.56. The molecule has 122 valence electrons. The third kappa shape index (κ3) is 4.06. The van der Waals surface area contributed by atoms with Gasteiger partial charge in [-0.15, -0.1) is 0 Å². The third-order valence-electron chi connectivity index (χ3n) is 3.73. The molecule has 0 atom stereocenters. The van der Waals surface area contributed by atoms with E-state index in [0.717, 1.165) is 5.56 Å². The van der Waals surface area contributed by atoms with Crippen molar-refractivity contribution in [3.05, 3.63) is 35.4 Å². The monoisotopic (exact) mass is 326 g/mol. The molecule has 7 heteroatoms. The molecule has 0 unspecified atom stereocenters. The Bertz CT molecular complexity index is 622. The van der Waals surface area contributed by atoms with Gasteiger partial charge in [-0.05, 0) is 19.1 Å². The first kappa shape index (κ1) is 16.9. The Morgan fingerprint density at radius 1 is 1.23 bits per heavy atom. The van der Waals surface area contributed by atoms with Crippen molar-refractivity contribution in [2.45, 2.75) is 6.92 Å². The highest BCUT2D eigenvalue weighted by Gasteiger charge is 2.28. The molecule has 1 aliphatic heterocycles. The van der Waals surface area contributed by atoms with Gasteiger partial charge in [0.25, 0.3) is 5.91 Å². The van der Waals surface area contributed by atoms with Crippen LogP contribution in [0.4, 0.5) is 0 Å². The van der Waals surface area contributed by atoms with Crippen LogP contribution in [-0.4, -0.2) is 69.2 Å². The zero-order chi connectivity index (χ0) is 16.2.